The van der Waals surface area contributed by atoms with E-state index in [1.165, 1.54) is 32.4 Å². The Morgan fingerprint density at radius 2 is 1.12 bits per heavy atom. The lowest BCUT2D eigenvalue weighted by Gasteiger charge is -2.11. The SMILES string of the molecule is c1ccc(-c2nc(-c3ccc4ccccc4c3)nc(-c3cccc4oc5ccc(-n6c7ccccc7c7ccc8ccccc8c76)cc5c34)n2)cc1. The number of hydrogen-bond acceptors (Lipinski definition) is 4. The number of para-hydroxylation sites is 1. The van der Waals surface area contributed by atoms with E-state index in [-0.39, 0.29) is 0 Å². The van der Waals surface area contributed by atoms with Crippen LogP contribution in [-0.2, 0) is 0 Å². The highest BCUT2D eigenvalue weighted by atomic mass is 16.3. The zero-order valence-corrected chi connectivity index (χ0v) is 27.9. The van der Waals surface area contributed by atoms with Gasteiger partial charge in [-0.15, -0.1) is 0 Å². The Balaban J connectivity index is 1.17. The minimum atomic E-state index is 0.596. The zero-order chi connectivity index (χ0) is 34.2. The number of nitrogens with zero attached hydrogens (tertiary/aromatic N) is 4. The fraction of sp³-hybridized carbons (Fsp3) is 0. The summed E-state index contributed by atoms with van der Waals surface area (Å²) in [7, 11) is 0. The Labute approximate surface area is 298 Å². The highest BCUT2D eigenvalue weighted by Gasteiger charge is 2.20. The third-order valence-electron chi connectivity index (χ3n) is 10.2. The third kappa shape index (κ3) is 4.39. The molecule has 0 spiro atoms. The van der Waals surface area contributed by atoms with Gasteiger partial charge in [-0.05, 0) is 52.6 Å². The maximum absolute atomic E-state index is 6.53. The third-order valence-corrected chi connectivity index (χ3v) is 10.2. The molecule has 0 fully saturated rings. The summed E-state index contributed by atoms with van der Waals surface area (Å²) in [6.07, 6.45) is 0. The van der Waals surface area contributed by atoms with Crippen LogP contribution in [0.3, 0.4) is 0 Å². The Morgan fingerprint density at radius 1 is 0.404 bits per heavy atom. The molecule has 0 saturated heterocycles. The summed E-state index contributed by atoms with van der Waals surface area (Å²) in [5.74, 6) is 1.84. The summed E-state index contributed by atoms with van der Waals surface area (Å²) in [5.41, 5.74) is 7.76. The quantitative estimate of drug-likeness (QED) is 0.188. The van der Waals surface area contributed by atoms with E-state index in [2.05, 4.69) is 132 Å². The lowest BCUT2D eigenvalue weighted by molar-refractivity contribution is 0.669. The monoisotopic (exact) mass is 664 g/mol. The van der Waals surface area contributed by atoms with E-state index in [4.69, 9.17) is 19.4 Å². The first-order valence-electron chi connectivity index (χ1n) is 17.4. The van der Waals surface area contributed by atoms with Crippen LogP contribution in [0.1, 0.15) is 0 Å². The number of rotatable bonds is 4. The Hall–Kier alpha value is -7.11. The molecular formula is C47H28N4O. The number of aromatic nitrogens is 4. The van der Waals surface area contributed by atoms with Gasteiger partial charge in [0, 0.05) is 49.3 Å². The fourth-order valence-corrected chi connectivity index (χ4v) is 7.81. The van der Waals surface area contributed by atoms with E-state index in [1.807, 2.05) is 42.5 Å². The molecule has 0 aliphatic heterocycles. The second-order valence-corrected chi connectivity index (χ2v) is 13.2. The molecule has 3 heterocycles. The van der Waals surface area contributed by atoms with Gasteiger partial charge in [-0.2, -0.15) is 0 Å². The van der Waals surface area contributed by atoms with Crippen LogP contribution in [0.25, 0.3) is 105 Å². The van der Waals surface area contributed by atoms with Gasteiger partial charge in [0.25, 0.3) is 0 Å². The van der Waals surface area contributed by atoms with Crippen LogP contribution in [0.15, 0.2) is 174 Å². The average Bonchev–Trinajstić information content (AvgIpc) is 3.76. The second-order valence-electron chi connectivity index (χ2n) is 13.2. The van der Waals surface area contributed by atoms with Gasteiger partial charge in [0.05, 0.1) is 11.0 Å². The lowest BCUT2D eigenvalue weighted by Crippen LogP contribution is -2.00. The van der Waals surface area contributed by atoms with Crippen molar-refractivity contribution in [3.63, 3.8) is 0 Å². The normalized spacial score (nSPS) is 11.8. The van der Waals surface area contributed by atoms with E-state index in [1.54, 1.807) is 0 Å². The maximum Gasteiger partial charge on any atom is 0.164 e. The van der Waals surface area contributed by atoms with Crippen molar-refractivity contribution in [2.75, 3.05) is 0 Å². The zero-order valence-electron chi connectivity index (χ0n) is 27.9. The minimum Gasteiger partial charge on any atom is -0.456 e. The molecule has 0 saturated carbocycles. The van der Waals surface area contributed by atoms with Crippen LogP contribution in [0.5, 0.6) is 0 Å². The molecule has 11 aromatic rings. The van der Waals surface area contributed by atoms with Crippen molar-refractivity contribution < 1.29 is 4.42 Å². The molecule has 5 nitrogen and oxygen atoms in total. The van der Waals surface area contributed by atoms with Crippen LogP contribution in [0.2, 0.25) is 0 Å². The molecule has 3 aromatic heterocycles. The van der Waals surface area contributed by atoms with Crippen molar-refractivity contribution >= 4 is 65.3 Å². The predicted molar refractivity (Wildman–Crippen MR) is 213 cm³/mol. The van der Waals surface area contributed by atoms with Gasteiger partial charge in [-0.3, -0.25) is 0 Å². The largest absolute Gasteiger partial charge is 0.456 e. The highest BCUT2D eigenvalue weighted by molar-refractivity contribution is 6.19. The van der Waals surface area contributed by atoms with E-state index >= 15 is 0 Å². The Kier molecular flexibility index (Phi) is 6.18. The molecule has 8 aromatic carbocycles. The molecule has 5 heteroatoms. The number of furan rings is 1. The van der Waals surface area contributed by atoms with Crippen LogP contribution in [0, 0.1) is 0 Å². The van der Waals surface area contributed by atoms with Crippen LogP contribution in [0.4, 0.5) is 0 Å². The summed E-state index contributed by atoms with van der Waals surface area (Å²) in [6.45, 7) is 0. The number of hydrogen-bond donors (Lipinski definition) is 0. The van der Waals surface area contributed by atoms with Crippen molar-refractivity contribution in [1.82, 2.24) is 19.5 Å². The van der Waals surface area contributed by atoms with Gasteiger partial charge in [-0.25, -0.2) is 15.0 Å². The van der Waals surface area contributed by atoms with E-state index in [0.29, 0.717) is 17.5 Å². The van der Waals surface area contributed by atoms with Gasteiger partial charge in [0.1, 0.15) is 11.2 Å². The van der Waals surface area contributed by atoms with Crippen molar-refractivity contribution in [2.24, 2.45) is 0 Å². The van der Waals surface area contributed by atoms with Gasteiger partial charge in [0.2, 0.25) is 0 Å². The van der Waals surface area contributed by atoms with Crippen molar-refractivity contribution in [1.29, 1.82) is 0 Å². The van der Waals surface area contributed by atoms with Gasteiger partial charge >= 0.3 is 0 Å². The Bertz CT molecular complexity index is 3190. The minimum absolute atomic E-state index is 0.596. The van der Waals surface area contributed by atoms with E-state index in [9.17, 15) is 0 Å². The summed E-state index contributed by atoms with van der Waals surface area (Å²) in [6, 6.07) is 59.2. The Morgan fingerprint density at radius 3 is 2.00 bits per heavy atom. The molecule has 0 atom stereocenters. The van der Waals surface area contributed by atoms with Gasteiger partial charge in [-0.1, -0.05) is 133 Å². The topological polar surface area (TPSA) is 56.7 Å². The molecule has 0 radical (unpaired) electrons. The van der Waals surface area contributed by atoms with Crippen LogP contribution in [-0.4, -0.2) is 19.5 Å². The fourth-order valence-electron chi connectivity index (χ4n) is 7.81. The van der Waals surface area contributed by atoms with Crippen molar-refractivity contribution in [3.05, 3.63) is 170 Å². The smallest absolute Gasteiger partial charge is 0.164 e. The van der Waals surface area contributed by atoms with E-state index < -0.39 is 0 Å². The highest BCUT2D eigenvalue weighted by Crippen LogP contribution is 2.41. The first-order valence-corrected chi connectivity index (χ1v) is 17.4. The molecule has 11 rings (SSSR count). The molecule has 242 valence electrons. The summed E-state index contributed by atoms with van der Waals surface area (Å²) >= 11 is 0. The molecular weight excluding hydrogens is 637 g/mol. The van der Waals surface area contributed by atoms with Gasteiger partial charge < -0.3 is 8.98 Å². The second kappa shape index (κ2) is 11.2. The number of benzene rings is 8. The number of fused-ring (bicyclic) bond motifs is 9. The first-order chi connectivity index (χ1) is 25.8. The molecule has 0 amide bonds. The average molecular weight is 665 g/mol. The summed E-state index contributed by atoms with van der Waals surface area (Å²) in [5, 5.41) is 9.16. The molecule has 52 heavy (non-hydrogen) atoms. The summed E-state index contributed by atoms with van der Waals surface area (Å²) in [4.78, 5) is 15.3. The molecule has 0 aliphatic carbocycles. The molecule has 0 unspecified atom stereocenters. The maximum atomic E-state index is 6.53. The van der Waals surface area contributed by atoms with Gasteiger partial charge in [0.15, 0.2) is 17.5 Å². The van der Waals surface area contributed by atoms with Crippen LogP contribution >= 0.6 is 0 Å². The lowest BCUT2D eigenvalue weighted by atomic mass is 10.0. The van der Waals surface area contributed by atoms with Crippen molar-refractivity contribution in [3.8, 4) is 39.9 Å². The van der Waals surface area contributed by atoms with E-state index in [0.717, 1.165) is 55.2 Å². The predicted octanol–water partition coefficient (Wildman–Crippen LogP) is 12.2. The molecule has 0 bridgehead atoms. The summed E-state index contributed by atoms with van der Waals surface area (Å²) < 4.78 is 8.92. The first kappa shape index (κ1) is 28.7. The van der Waals surface area contributed by atoms with Crippen molar-refractivity contribution in [2.45, 2.75) is 0 Å². The molecule has 0 aliphatic rings. The van der Waals surface area contributed by atoms with Crippen LogP contribution < -0.4 is 0 Å². The molecule has 0 N–H and O–H groups in total. The standard InChI is InChI=1S/C47H28N4O/c1-2-13-31(14-3-1)45-48-46(33-22-21-29-11-4-5-15-32(29)27-33)50-47(49-45)38-18-10-20-42-43(38)39-28-34(24-26-41(39)52-42)51-40-19-9-8-17-36(40)37-25-23-30-12-6-7-16-35(30)44(37)51/h1-28H.